The molecule has 0 bridgehead atoms. The number of hydrogen-bond acceptors (Lipinski definition) is 5. The summed E-state index contributed by atoms with van der Waals surface area (Å²) in [4.78, 5) is 28.3. The number of amides is 1. The highest BCUT2D eigenvalue weighted by Gasteiger charge is 2.34. The summed E-state index contributed by atoms with van der Waals surface area (Å²) < 4.78 is 13.9. The van der Waals surface area contributed by atoms with Crippen LogP contribution in [0.5, 0.6) is 0 Å². The molecule has 1 amide bonds. The number of halogens is 1. The van der Waals surface area contributed by atoms with Gasteiger partial charge in [-0.05, 0) is 25.1 Å². The first-order chi connectivity index (χ1) is 11.5. The van der Waals surface area contributed by atoms with E-state index in [9.17, 15) is 9.18 Å². The van der Waals surface area contributed by atoms with E-state index in [0.29, 0.717) is 24.3 Å². The minimum Gasteiger partial charge on any atom is -0.349 e. The third-order valence-corrected chi connectivity index (χ3v) is 4.21. The van der Waals surface area contributed by atoms with Gasteiger partial charge in [0.1, 0.15) is 18.3 Å². The van der Waals surface area contributed by atoms with Crippen molar-refractivity contribution in [1.29, 1.82) is 0 Å². The fraction of sp³-hybridized carbons (Fsp3) is 0.412. The second-order valence-electron chi connectivity index (χ2n) is 6.08. The lowest BCUT2D eigenvalue weighted by atomic mass is 10.1. The minimum atomic E-state index is -0.922. The minimum absolute atomic E-state index is 0.109. The van der Waals surface area contributed by atoms with E-state index < -0.39 is 6.17 Å². The average Bonchev–Trinajstić information content (AvgIpc) is 2.96. The van der Waals surface area contributed by atoms with Crippen molar-refractivity contribution in [3.8, 4) is 0 Å². The van der Waals surface area contributed by atoms with Gasteiger partial charge in [-0.1, -0.05) is 0 Å². The maximum atomic E-state index is 13.9. The lowest BCUT2D eigenvalue weighted by Crippen LogP contribution is -2.41. The first-order valence-corrected chi connectivity index (χ1v) is 7.89. The smallest absolute Gasteiger partial charge is 0.255 e. The average molecular weight is 329 g/mol. The Labute approximate surface area is 140 Å². The molecule has 2 atom stereocenters. The van der Waals surface area contributed by atoms with Gasteiger partial charge in [-0.25, -0.2) is 14.4 Å². The van der Waals surface area contributed by atoms with Crippen molar-refractivity contribution < 1.29 is 9.18 Å². The van der Waals surface area contributed by atoms with Crippen LogP contribution in [-0.4, -0.2) is 58.1 Å². The molecule has 3 rings (SSSR count). The van der Waals surface area contributed by atoms with Gasteiger partial charge in [0.05, 0.1) is 18.2 Å². The van der Waals surface area contributed by atoms with Gasteiger partial charge in [0.25, 0.3) is 5.91 Å². The van der Waals surface area contributed by atoms with Crippen LogP contribution >= 0.6 is 0 Å². The number of anilines is 1. The summed E-state index contributed by atoms with van der Waals surface area (Å²) in [7, 11) is 1.73. The second-order valence-corrected chi connectivity index (χ2v) is 6.08. The number of likely N-dealkylation sites (N-methyl/N-ethyl adjacent to an activating group) is 1. The maximum Gasteiger partial charge on any atom is 0.255 e. The summed E-state index contributed by atoms with van der Waals surface area (Å²) in [5.74, 6) is 0.570. The number of nitrogens with zero attached hydrogens (tertiary/aromatic N) is 5. The van der Waals surface area contributed by atoms with Gasteiger partial charge in [-0.3, -0.25) is 9.78 Å². The predicted octanol–water partition coefficient (Wildman–Crippen LogP) is 1.87. The molecule has 126 valence electrons. The van der Waals surface area contributed by atoms with Crippen LogP contribution < -0.4 is 4.90 Å². The van der Waals surface area contributed by atoms with Gasteiger partial charge >= 0.3 is 0 Å². The summed E-state index contributed by atoms with van der Waals surface area (Å²) in [6.45, 7) is 2.59. The molecule has 0 spiro atoms. The van der Waals surface area contributed by atoms with Crippen LogP contribution in [0.2, 0.25) is 0 Å². The van der Waals surface area contributed by atoms with Crippen LogP contribution in [0.1, 0.15) is 22.5 Å². The lowest BCUT2D eigenvalue weighted by molar-refractivity contribution is 0.0785. The third kappa shape index (κ3) is 3.50. The topological polar surface area (TPSA) is 62.2 Å². The summed E-state index contributed by atoms with van der Waals surface area (Å²) in [6, 6.07) is 5.22. The Kier molecular flexibility index (Phi) is 4.69. The van der Waals surface area contributed by atoms with Gasteiger partial charge in [-0.2, -0.15) is 0 Å². The van der Waals surface area contributed by atoms with E-state index in [1.165, 1.54) is 6.33 Å². The maximum absolute atomic E-state index is 13.9. The molecule has 0 unspecified atom stereocenters. The normalized spacial score (nSPS) is 20.2. The van der Waals surface area contributed by atoms with Crippen LogP contribution in [0, 0.1) is 6.92 Å². The zero-order chi connectivity index (χ0) is 17.1. The van der Waals surface area contributed by atoms with E-state index >= 15 is 0 Å². The Morgan fingerprint density at radius 1 is 1.38 bits per heavy atom. The van der Waals surface area contributed by atoms with Crippen molar-refractivity contribution in [3.05, 3.63) is 48.2 Å². The summed E-state index contributed by atoms with van der Waals surface area (Å²) in [5, 5.41) is 0. The molecule has 1 aliphatic rings. The largest absolute Gasteiger partial charge is 0.349 e. The fourth-order valence-electron chi connectivity index (χ4n) is 2.98. The van der Waals surface area contributed by atoms with E-state index in [1.807, 2.05) is 11.8 Å². The molecule has 1 fully saturated rings. The molecule has 3 heterocycles. The molecule has 0 N–H and O–H groups in total. The SMILES string of the molecule is Cc1ccc(C(=O)N(C)C[C@@H]2C[C@H](F)CN2c2ccncn2)cn1. The Balaban J connectivity index is 1.71. The number of aromatic nitrogens is 3. The molecule has 0 radical (unpaired) electrons. The zero-order valence-corrected chi connectivity index (χ0v) is 13.8. The van der Waals surface area contributed by atoms with E-state index in [1.54, 1.807) is 42.5 Å². The number of carbonyl (C=O) groups is 1. The van der Waals surface area contributed by atoms with Crippen LogP contribution in [0.15, 0.2) is 36.9 Å². The Hall–Kier alpha value is -2.57. The van der Waals surface area contributed by atoms with Gasteiger partial charge < -0.3 is 9.80 Å². The standard InChI is InChI=1S/C17H20FN5O/c1-12-3-4-13(8-20-12)17(24)22(2)10-15-7-14(18)9-23(15)16-5-6-19-11-21-16/h3-6,8,11,14-15H,7,9-10H2,1-2H3/t14-,15-/m0/s1. The van der Waals surface area contributed by atoms with Crippen molar-refractivity contribution in [2.24, 2.45) is 0 Å². The molecule has 0 saturated carbocycles. The monoisotopic (exact) mass is 329 g/mol. The molecule has 0 aliphatic carbocycles. The highest BCUT2D eigenvalue weighted by Crippen LogP contribution is 2.26. The quantitative estimate of drug-likeness (QED) is 0.857. The number of hydrogen-bond donors (Lipinski definition) is 0. The van der Waals surface area contributed by atoms with E-state index in [4.69, 9.17) is 0 Å². The Morgan fingerprint density at radius 2 is 2.21 bits per heavy atom. The molecule has 2 aromatic rings. The van der Waals surface area contributed by atoms with Crippen molar-refractivity contribution in [2.75, 3.05) is 25.0 Å². The molecule has 1 aliphatic heterocycles. The van der Waals surface area contributed by atoms with Crippen LogP contribution in [-0.2, 0) is 0 Å². The molecule has 0 aromatic carbocycles. The number of pyridine rings is 1. The van der Waals surface area contributed by atoms with Crippen molar-refractivity contribution in [2.45, 2.75) is 25.6 Å². The summed E-state index contributed by atoms with van der Waals surface area (Å²) in [5.41, 5.74) is 1.40. The highest BCUT2D eigenvalue weighted by atomic mass is 19.1. The fourth-order valence-corrected chi connectivity index (χ4v) is 2.98. The van der Waals surface area contributed by atoms with Crippen molar-refractivity contribution in [1.82, 2.24) is 19.9 Å². The number of aryl methyl sites for hydroxylation is 1. The highest BCUT2D eigenvalue weighted by molar-refractivity contribution is 5.93. The molecular weight excluding hydrogens is 309 g/mol. The van der Waals surface area contributed by atoms with E-state index in [2.05, 4.69) is 15.0 Å². The van der Waals surface area contributed by atoms with Crippen LogP contribution in [0.4, 0.5) is 10.2 Å². The summed E-state index contributed by atoms with van der Waals surface area (Å²) in [6.07, 6.45) is 4.12. The van der Waals surface area contributed by atoms with Crippen LogP contribution in [0.25, 0.3) is 0 Å². The lowest BCUT2D eigenvalue weighted by Gasteiger charge is -2.29. The van der Waals surface area contributed by atoms with Crippen molar-refractivity contribution >= 4 is 11.7 Å². The van der Waals surface area contributed by atoms with E-state index in [0.717, 1.165) is 5.69 Å². The Bertz CT molecular complexity index is 694. The molecule has 6 nitrogen and oxygen atoms in total. The van der Waals surface area contributed by atoms with Gasteiger partial charge in [0, 0.05) is 38.1 Å². The third-order valence-electron chi connectivity index (χ3n) is 4.21. The van der Waals surface area contributed by atoms with Crippen molar-refractivity contribution in [3.63, 3.8) is 0 Å². The number of alkyl halides is 1. The second kappa shape index (κ2) is 6.90. The molecule has 1 saturated heterocycles. The first kappa shape index (κ1) is 16.3. The molecule has 24 heavy (non-hydrogen) atoms. The van der Waals surface area contributed by atoms with Crippen LogP contribution in [0.3, 0.4) is 0 Å². The number of rotatable bonds is 4. The first-order valence-electron chi connectivity index (χ1n) is 7.89. The zero-order valence-electron chi connectivity index (χ0n) is 13.8. The van der Waals surface area contributed by atoms with Gasteiger partial charge in [0.2, 0.25) is 0 Å². The molecule has 7 heteroatoms. The van der Waals surface area contributed by atoms with E-state index in [-0.39, 0.29) is 18.5 Å². The number of carbonyl (C=O) groups excluding carboxylic acids is 1. The predicted molar refractivity (Wildman–Crippen MR) is 88.6 cm³/mol. The van der Waals surface area contributed by atoms with Gasteiger partial charge in [0.15, 0.2) is 0 Å². The summed E-state index contributed by atoms with van der Waals surface area (Å²) >= 11 is 0. The van der Waals surface area contributed by atoms with Gasteiger partial charge in [-0.15, -0.1) is 0 Å². The molecule has 2 aromatic heterocycles. The molecular formula is C17H20FN5O. The Morgan fingerprint density at radius 3 is 2.88 bits per heavy atom.